The van der Waals surface area contributed by atoms with E-state index in [1.165, 1.54) is 0 Å². The van der Waals surface area contributed by atoms with Crippen LogP contribution in [0.4, 0.5) is 0 Å². The van der Waals surface area contributed by atoms with Crippen LogP contribution in [-0.4, -0.2) is 0 Å². The molecule has 0 nitrogen and oxygen atoms in total. The summed E-state index contributed by atoms with van der Waals surface area (Å²) >= 11 is 0. The molecule has 0 unspecified atom stereocenters. The minimum atomic E-state index is 0. The van der Waals surface area contributed by atoms with E-state index >= 15 is 0 Å². The molecule has 0 saturated heterocycles. The van der Waals surface area contributed by atoms with Crippen LogP contribution in [0.25, 0.3) is 0 Å². The molecule has 0 fully saturated rings. The van der Waals surface area contributed by atoms with Crippen molar-refractivity contribution in [3.8, 4) is 0 Å². The van der Waals surface area contributed by atoms with Crippen LogP contribution in [0.5, 0.6) is 0 Å². The summed E-state index contributed by atoms with van der Waals surface area (Å²) in [4.78, 5) is 0. The van der Waals surface area contributed by atoms with Crippen molar-refractivity contribution in [2.24, 2.45) is 0 Å². The average molecular weight is 145 g/mol. The van der Waals surface area contributed by atoms with E-state index in [-0.39, 0.29) is 18.6 Å². The fraction of sp³-hybridized carbons (Fsp3) is 0.143. The van der Waals surface area contributed by atoms with Gasteiger partial charge in [-0.1, -0.05) is 37.0 Å². The van der Waals surface area contributed by atoms with Crippen LogP contribution in [0.2, 0.25) is 0 Å². The van der Waals surface area contributed by atoms with Crippen molar-refractivity contribution in [1.29, 1.82) is 0 Å². The second-order valence-corrected chi connectivity index (χ2v) is 1.35. The van der Waals surface area contributed by atoms with Gasteiger partial charge in [-0.05, 0) is 6.92 Å². The van der Waals surface area contributed by atoms with E-state index < -0.39 is 0 Å². The van der Waals surface area contributed by atoms with E-state index in [0.29, 0.717) is 0 Å². The first-order valence-corrected chi connectivity index (χ1v) is 2.23. The van der Waals surface area contributed by atoms with Gasteiger partial charge in [0, 0.05) is 18.6 Å². The molecule has 0 rings (SSSR count). The van der Waals surface area contributed by atoms with E-state index in [1.807, 2.05) is 13.0 Å². The maximum Gasteiger partial charge on any atom is 0 e. The molecule has 0 aromatic carbocycles. The van der Waals surface area contributed by atoms with Gasteiger partial charge in [0.1, 0.15) is 0 Å². The van der Waals surface area contributed by atoms with Crippen LogP contribution in [0.3, 0.4) is 0 Å². The van der Waals surface area contributed by atoms with Crippen molar-refractivity contribution >= 4 is 0 Å². The molecule has 0 aliphatic heterocycles. The Morgan fingerprint density at radius 1 is 1.38 bits per heavy atom. The molecule has 43 valence electrons. The molecule has 0 saturated carbocycles. The first kappa shape index (κ1) is 10.7. The van der Waals surface area contributed by atoms with Crippen LogP contribution < -0.4 is 0 Å². The average Bonchev–Trinajstić information content (AvgIpc) is 1.68. The van der Waals surface area contributed by atoms with Gasteiger partial charge in [-0.2, -0.15) is 0 Å². The Morgan fingerprint density at radius 3 is 2.00 bits per heavy atom. The number of rotatable bonds is 2. The largest absolute Gasteiger partial charge is 0.0991 e. The minimum Gasteiger partial charge on any atom is -0.0991 e. The Bertz CT molecular complexity index is 101. The van der Waals surface area contributed by atoms with E-state index in [0.717, 1.165) is 5.57 Å². The maximum atomic E-state index is 3.56. The van der Waals surface area contributed by atoms with E-state index in [9.17, 15) is 0 Å². The van der Waals surface area contributed by atoms with E-state index in [1.54, 1.807) is 12.2 Å². The van der Waals surface area contributed by atoms with Crippen molar-refractivity contribution in [2.75, 3.05) is 0 Å². The summed E-state index contributed by atoms with van der Waals surface area (Å²) in [6.07, 6.45) is 5.45. The zero-order valence-corrected chi connectivity index (χ0v) is 6.49. The zero-order valence-electron chi connectivity index (χ0n) is 5.09. The van der Waals surface area contributed by atoms with E-state index in [4.69, 9.17) is 0 Å². The third-order valence-electron chi connectivity index (χ3n) is 0.703. The number of allylic oxidation sites excluding steroid dienone is 4. The Labute approximate surface area is 62.9 Å². The Kier molecular flexibility index (Phi) is 9.12. The summed E-state index contributed by atoms with van der Waals surface area (Å²) in [5.41, 5.74) is 1.15. The molecule has 1 heteroatoms. The Morgan fingerprint density at radius 2 is 1.88 bits per heavy atom. The molecule has 0 aliphatic carbocycles. The van der Waals surface area contributed by atoms with Gasteiger partial charge < -0.3 is 0 Å². The second kappa shape index (κ2) is 6.80. The molecule has 0 aromatic heterocycles. The van der Waals surface area contributed by atoms with Crippen LogP contribution in [0, 0.1) is 0 Å². The SMILES string of the molecule is C=C/C=C(/C)C=C.[V]. The molecule has 0 bridgehead atoms. The fourth-order valence-corrected chi connectivity index (χ4v) is 0.254. The van der Waals surface area contributed by atoms with Gasteiger partial charge in [0.05, 0.1) is 0 Å². The monoisotopic (exact) mass is 145 g/mol. The van der Waals surface area contributed by atoms with Crippen molar-refractivity contribution < 1.29 is 18.6 Å². The third kappa shape index (κ3) is 5.80. The summed E-state index contributed by atoms with van der Waals surface area (Å²) in [7, 11) is 0. The first-order chi connectivity index (χ1) is 3.31. The molecule has 0 N–H and O–H groups in total. The van der Waals surface area contributed by atoms with Gasteiger partial charge in [-0.25, -0.2) is 0 Å². The van der Waals surface area contributed by atoms with Gasteiger partial charge in [-0.3, -0.25) is 0 Å². The number of hydrogen-bond donors (Lipinski definition) is 0. The molecule has 0 amide bonds. The molecule has 0 aromatic rings. The quantitative estimate of drug-likeness (QED) is 0.523. The summed E-state index contributed by atoms with van der Waals surface area (Å²) in [6, 6.07) is 0. The van der Waals surface area contributed by atoms with Crippen LogP contribution in [0.1, 0.15) is 6.92 Å². The smallest absolute Gasteiger partial charge is 0 e. The molecule has 0 heterocycles. The Hall–Kier alpha value is -0.196. The van der Waals surface area contributed by atoms with Crippen molar-refractivity contribution in [3.63, 3.8) is 0 Å². The second-order valence-electron chi connectivity index (χ2n) is 1.35. The molecular formula is C7H10V. The van der Waals surface area contributed by atoms with Crippen LogP contribution in [0.15, 0.2) is 37.0 Å². The van der Waals surface area contributed by atoms with Crippen LogP contribution >= 0.6 is 0 Å². The molecule has 0 atom stereocenters. The first-order valence-electron chi connectivity index (χ1n) is 2.23. The normalized spacial score (nSPS) is 9.38. The third-order valence-corrected chi connectivity index (χ3v) is 0.703. The van der Waals surface area contributed by atoms with Gasteiger partial charge >= 0.3 is 0 Å². The zero-order chi connectivity index (χ0) is 5.70. The molecule has 0 aliphatic rings. The maximum absolute atomic E-state index is 3.56. The van der Waals surface area contributed by atoms with Gasteiger partial charge in [0.2, 0.25) is 0 Å². The standard InChI is InChI=1S/C7H10.V/c1-4-6-7(3)5-2;/h4-6H,1-2H2,3H3;/b7-6-;. The topological polar surface area (TPSA) is 0 Å². The molecule has 1 radical (unpaired) electrons. The van der Waals surface area contributed by atoms with Gasteiger partial charge in [-0.15, -0.1) is 0 Å². The van der Waals surface area contributed by atoms with Gasteiger partial charge in [0.15, 0.2) is 0 Å². The molecule has 0 spiro atoms. The molecular weight excluding hydrogens is 135 g/mol. The Balaban J connectivity index is 0. The number of hydrogen-bond acceptors (Lipinski definition) is 0. The summed E-state index contributed by atoms with van der Waals surface area (Å²) in [5, 5.41) is 0. The van der Waals surface area contributed by atoms with Crippen LogP contribution in [-0.2, 0) is 18.6 Å². The summed E-state index contributed by atoms with van der Waals surface area (Å²) in [5.74, 6) is 0. The van der Waals surface area contributed by atoms with Gasteiger partial charge in [0.25, 0.3) is 0 Å². The fourth-order valence-electron chi connectivity index (χ4n) is 0.254. The summed E-state index contributed by atoms with van der Waals surface area (Å²) in [6.45, 7) is 9.07. The minimum absolute atomic E-state index is 0. The summed E-state index contributed by atoms with van der Waals surface area (Å²) < 4.78 is 0. The predicted octanol–water partition coefficient (Wildman–Crippen LogP) is 2.30. The van der Waals surface area contributed by atoms with Crippen molar-refractivity contribution in [2.45, 2.75) is 6.92 Å². The van der Waals surface area contributed by atoms with E-state index in [2.05, 4.69) is 13.2 Å². The van der Waals surface area contributed by atoms with Crippen molar-refractivity contribution in [3.05, 3.63) is 37.0 Å². The predicted molar refractivity (Wildman–Crippen MR) is 34.2 cm³/mol. The molecule has 8 heavy (non-hydrogen) atoms. The van der Waals surface area contributed by atoms with Crippen molar-refractivity contribution in [1.82, 2.24) is 0 Å².